The second-order valence-electron chi connectivity index (χ2n) is 8.06. The highest BCUT2D eigenvalue weighted by Crippen LogP contribution is 2.51. The number of thiophene rings is 1. The first kappa shape index (κ1) is 22.0. The summed E-state index contributed by atoms with van der Waals surface area (Å²) in [5.41, 5.74) is 4.26. The summed E-state index contributed by atoms with van der Waals surface area (Å²) in [5.74, 6) is -3.90. The molecule has 4 rings (SSSR count). The van der Waals surface area contributed by atoms with Crippen LogP contribution in [0.1, 0.15) is 29.3 Å². The van der Waals surface area contributed by atoms with Gasteiger partial charge in [0, 0.05) is 11.4 Å². The van der Waals surface area contributed by atoms with Crippen molar-refractivity contribution < 1.29 is 24.3 Å². The van der Waals surface area contributed by atoms with Crippen molar-refractivity contribution in [3.8, 4) is 0 Å². The van der Waals surface area contributed by atoms with Gasteiger partial charge in [-0.2, -0.15) is 0 Å². The average molecular weight is 457 g/mol. The number of nitrogens with one attached hydrogen (secondary N) is 2. The van der Waals surface area contributed by atoms with Crippen molar-refractivity contribution in [2.75, 3.05) is 6.54 Å². The molecule has 2 saturated heterocycles. The number of hydrogen-bond acceptors (Lipinski definition) is 6. The fourth-order valence-electron chi connectivity index (χ4n) is 4.81. The predicted octanol–water partition coefficient (Wildman–Crippen LogP) is 1.47. The average Bonchev–Trinajstić information content (AvgIpc) is 3.46. The van der Waals surface area contributed by atoms with E-state index in [0.29, 0.717) is 0 Å². The number of aliphatic carboxylic acids is 1. The van der Waals surface area contributed by atoms with Crippen molar-refractivity contribution in [3.63, 3.8) is 0 Å². The van der Waals surface area contributed by atoms with Crippen LogP contribution < -0.4 is 16.4 Å². The molecule has 2 aliphatic heterocycles. The Bertz CT molecular complexity index is 1030. The van der Waals surface area contributed by atoms with Crippen molar-refractivity contribution in [1.29, 1.82) is 0 Å². The number of primary amides is 1. The topological polar surface area (TPSA) is 142 Å². The number of urea groups is 1. The number of carboxylic acids is 1. The normalized spacial score (nSPS) is 26.9. The predicted molar refractivity (Wildman–Crippen MR) is 116 cm³/mol. The van der Waals surface area contributed by atoms with Crippen LogP contribution in [0.2, 0.25) is 0 Å². The molecular weight excluding hydrogens is 432 g/mol. The zero-order chi connectivity index (χ0) is 22.9. The number of nitrogens with zero attached hydrogens (tertiary/aromatic N) is 1. The number of benzene rings is 1. The van der Waals surface area contributed by atoms with Crippen LogP contribution >= 0.6 is 11.3 Å². The van der Waals surface area contributed by atoms with Crippen LogP contribution in [0.5, 0.6) is 0 Å². The van der Waals surface area contributed by atoms with Gasteiger partial charge in [-0.25, -0.2) is 4.79 Å². The minimum atomic E-state index is -1.63. The number of carboxylic acid groups (broad SMARTS) is 1. The zero-order valence-corrected chi connectivity index (χ0v) is 18.0. The maximum absolute atomic E-state index is 13.5. The lowest BCUT2D eigenvalue weighted by molar-refractivity contribution is -0.152. The van der Waals surface area contributed by atoms with E-state index in [9.17, 15) is 24.3 Å². The zero-order valence-electron chi connectivity index (χ0n) is 17.2. The summed E-state index contributed by atoms with van der Waals surface area (Å²) in [6.07, 6.45) is 0.340. The van der Waals surface area contributed by atoms with E-state index in [4.69, 9.17) is 5.73 Å². The summed E-state index contributed by atoms with van der Waals surface area (Å²) in [4.78, 5) is 52.5. The number of hydrogen-bond donors (Lipinski definition) is 4. The first-order chi connectivity index (χ1) is 15.3. The van der Waals surface area contributed by atoms with Crippen LogP contribution in [-0.2, 0) is 20.9 Å². The highest BCUT2D eigenvalue weighted by atomic mass is 32.1. The number of rotatable bonds is 8. The van der Waals surface area contributed by atoms with E-state index in [2.05, 4.69) is 10.6 Å². The number of carbonyl (C=O) groups is 4. The molecule has 0 aliphatic carbocycles. The second kappa shape index (κ2) is 8.71. The van der Waals surface area contributed by atoms with Crippen LogP contribution in [-0.4, -0.2) is 45.9 Å². The minimum absolute atomic E-state index is 0.0594. The lowest BCUT2D eigenvalue weighted by Crippen LogP contribution is -2.56. The summed E-state index contributed by atoms with van der Waals surface area (Å²) >= 11 is 1.41. The van der Waals surface area contributed by atoms with Gasteiger partial charge in [0.2, 0.25) is 11.8 Å². The smallest absolute Gasteiger partial charge is 0.324 e. The van der Waals surface area contributed by atoms with Gasteiger partial charge in [-0.3, -0.25) is 24.6 Å². The molecule has 9 nitrogen and oxygen atoms in total. The molecule has 0 saturated carbocycles. The van der Waals surface area contributed by atoms with Gasteiger partial charge in [0.05, 0.1) is 24.4 Å². The molecule has 4 atom stereocenters. The number of imide groups is 1. The number of amides is 4. The van der Waals surface area contributed by atoms with Crippen molar-refractivity contribution in [2.24, 2.45) is 17.6 Å². The van der Waals surface area contributed by atoms with E-state index in [1.807, 2.05) is 47.8 Å². The quantitative estimate of drug-likeness (QED) is 0.350. The van der Waals surface area contributed by atoms with Gasteiger partial charge in [-0.05, 0) is 29.9 Å². The third-order valence-corrected chi connectivity index (χ3v) is 7.16. The number of nitrogens with two attached hydrogens (primary N) is 1. The standard InChI is InChI=1S/C22H24N4O5S/c23-21(31)24-10-5-9-22(20(29)30)16-15(17(25-22)14-8-4-11-32-14)18(27)26(19(16)28)12-13-6-2-1-3-7-13/h1-4,6-8,11,15-17,25H,5,9-10,12H2,(H,29,30)(H3,23,24,31). The summed E-state index contributed by atoms with van der Waals surface area (Å²) < 4.78 is 0. The van der Waals surface area contributed by atoms with Gasteiger partial charge in [0.15, 0.2) is 0 Å². The van der Waals surface area contributed by atoms with Crippen LogP contribution in [0.15, 0.2) is 47.8 Å². The summed E-state index contributed by atoms with van der Waals surface area (Å²) in [6, 6.07) is 11.5. The Hall–Kier alpha value is -3.24. The van der Waals surface area contributed by atoms with E-state index in [1.165, 1.54) is 16.2 Å². The minimum Gasteiger partial charge on any atom is -0.480 e. The first-order valence-electron chi connectivity index (χ1n) is 10.3. The van der Waals surface area contributed by atoms with Gasteiger partial charge in [0.25, 0.3) is 0 Å². The van der Waals surface area contributed by atoms with E-state index in [-0.39, 0.29) is 31.8 Å². The molecule has 2 aliphatic rings. The fourth-order valence-corrected chi connectivity index (χ4v) is 5.63. The SMILES string of the molecule is NC(=O)NCCCC1(C(=O)O)NC(c2cccs2)C2C(=O)N(Cc3ccccc3)C(=O)C21. The molecule has 1 aromatic carbocycles. The van der Waals surface area contributed by atoms with E-state index >= 15 is 0 Å². The van der Waals surface area contributed by atoms with Crippen LogP contribution in [0.4, 0.5) is 4.79 Å². The summed E-state index contributed by atoms with van der Waals surface area (Å²) in [6.45, 7) is 0.268. The largest absolute Gasteiger partial charge is 0.480 e. The molecule has 5 N–H and O–H groups in total. The van der Waals surface area contributed by atoms with E-state index in [0.717, 1.165) is 10.4 Å². The number of carbonyl (C=O) groups excluding carboxylic acids is 3. The molecule has 2 aromatic rings. The summed E-state index contributed by atoms with van der Waals surface area (Å²) in [7, 11) is 0. The van der Waals surface area contributed by atoms with Crippen LogP contribution in [0.25, 0.3) is 0 Å². The molecule has 4 unspecified atom stereocenters. The van der Waals surface area contributed by atoms with Gasteiger partial charge < -0.3 is 16.2 Å². The monoisotopic (exact) mass is 456 g/mol. The maximum atomic E-state index is 13.5. The number of fused-ring (bicyclic) bond motifs is 1. The van der Waals surface area contributed by atoms with E-state index in [1.54, 1.807) is 0 Å². The molecule has 0 bridgehead atoms. The highest BCUT2D eigenvalue weighted by molar-refractivity contribution is 7.10. The highest BCUT2D eigenvalue weighted by Gasteiger charge is 2.68. The molecule has 3 heterocycles. The molecule has 4 amide bonds. The van der Waals surface area contributed by atoms with E-state index < -0.39 is 41.3 Å². The molecule has 1 aromatic heterocycles. The molecule has 0 radical (unpaired) electrons. The summed E-state index contributed by atoms with van der Waals surface area (Å²) in [5, 5.41) is 17.7. The van der Waals surface area contributed by atoms with Crippen LogP contribution in [0, 0.1) is 11.8 Å². The van der Waals surface area contributed by atoms with Crippen molar-refractivity contribution in [3.05, 3.63) is 58.3 Å². The van der Waals surface area contributed by atoms with Gasteiger partial charge in [-0.1, -0.05) is 36.4 Å². The molecule has 10 heteroatoms. The Kier molecular flexibility index (Phi) is 5.98. The maximum Gasteiger partial charge on any atom is 0.324 e. The molecule has 2 fully saturated rings. The molecule has 168 valence electrons. The molecule has 0 spiro atoms. The third kappa shape index (κ3) is 3.76. The van der Waals surface area contributed by atoms with Crippen molar-refractivity contribution in [2.45, 2.75) is 31.0 Å². The lowest BCUT2D eigenvalue weighted by atomic mass is 9.77. The van der Waals surface area contributed by atoms with Crippen molar-refractivity contribution >= 4 is 35.2 Å². The fraction of sp³-hybridized carbons (Fsp3) is 0.364. The van der Waals surface area contributed by atoms with Gasteiger partial charge >= 0.3 is 12.0 Å². The number of likely N-dealkylation sites (tertiary alicyclic amines) is 1. The third-order valence-electron chi connectivity index (χ3n) is 6.21. The second-order valence-corrected chi connectivity index (χ2v) is 9.04. The van der Waals surface area contributed by atoms with Crippen LogP contribution in [0.3, 0.4) is 0 Å². The molecular formula is C22H24N4O5S. The Morgan fingerprint density at radius 1 is 1.16 bits per heavy atom. The Balaban J connectivity index is 1.68. The molecule has 32 heavy (non-hydrogen) atoms. The first-order valence-corrected chi connectivity index (χ1v) is 11.2. The van der Waals surface area contributed by atoms with Gasteiger partial charge in [0.1, 0.15) is 5.54 Å². The van der Waals surface area contributed by atoms with Crippen molar-refractivity contribution in [1.82, 2.24) is 15.5 Å². The lowest BCUT2D eigenvalue weighted by Gasteiger charge is -2.31. The Morgan fingerprint density at radius 2 is 1.91 bits per heavy atom. The Morgan fingerprint density at radius 3 is 2.53 bits per heavy atom. The van der Waals surface area contributed by atoms with Gasteiger partial charge in [-0.15, -0.1) is 11.3 Å². The Labute approximate surface area is 188 Å².